The average molecular weight is 806 g/mol. The number of amides is 1. The molecule has 0 aliphatic carbocycles. The van der Waals surface area contributed by atoms with Crippen LogP contribution in [0.15, 0.2) is 25.8 Å². The van der Waals surface area contributed by atoms with Crippen LogP contribution in [-0.4, -0.2) is 142 Å². The highest BCUT2D eigenvalue weighted by Crippen LogP contribution is 2.40. The summed E-state index contributed by atoms with van der Waals surface area (Å²) >= 11 is 0. The summed E-state index contributed by atoms with van der Waals surface area (Å²) in [7, 11) is 3.69. The van der Waals surface area contributed by atoms with Gasteiger partial charge in [-0.1, -0.05) is 32.9 Å². The van der Waals surface area contributed by atoms with Gasteiger partial charge in [0.2, 0.25) is 6.10 Å². The van der Waals surface area contributed by atoms with Crippen molar-refractivity contribution >= 4 is 29.1 Å². The first kappa shape index (κ1) is 44.5. The van der Waals surface area contributed by atoms with Gasteiger partial charge < -0.3 is 48.6 Å². The van der Waals surface area contributed by atoms with E-state index in [-0.39, 0.29) is 61.7 Å². The van der Waals surface area contributed by atoms with Crippen LogP contribution in [0.3, 0.4) is 0 Å². The summed E-state index contributed by atoms with van der Waals surface area (Å²) < 4.78 is 32.1. The van der Waals surface area contributed by atoms with Crippen LogP contribution in [-0.2, 0) is 49.3 Å². The first-order valence-electron chi connectivity index (χ1n) is 19.7. The van der Waals surface area contributed by atoms with E-state index in [2.05, 4.69) is 20.1 Å². The number of nitrogens with one attached hydrogen (secondary N) is 2. The molecule has 18 heteroatoms. The lowest BCUT2D eigenvalue weighted by atomic mass is 9.73. The number of rotatable bonds is 6. The van der Waals surface area contributed by atoms with Crippen molar-refractivity contribution in [2.45, 2.75) is 141 Å². The molecular formula is C39H59N5O13. The highest BCUT2D eigenvalue weighted by Gasteiger charge is 2.53. The molecule has 1 amide bonds. The predicted octanol–water partition coefficient (Wildman–Crippen LogP) is 0.903. The zero-order chi connectivity index (χ0) is 42.1. The third-order valence-corrected chi connectivity index (χ3v) is 11.9. The number of carbonyl (C=O) groups is 3. The molecule has 1 aromatic heterocycles. The fourth-order valence-corrected chi connectivity index (χ4v) is 8.76. The molecule has 1 unspecified atom stereocenters. The van der Waals surface area contributed by atoms with Gasteiger partial charge in [0, 0.05) is 41.8 Å². The second kappa shape index (κ2) is 17.7. The van der Waals surface area contributed by atoms with E-state index in [1.54, 1.807) is 27.7 Å². The molecule has 1 aromatic rings. The Morgan fingerprint density at radius 2 is 1.72 bits per heavy atom. The van der Waals surface area contributed by atoms with Crippen LogP contribution in [0.5, 0.6) is 0 Å². The Bertz CT molecular complexity index is 1800. The number of Topliss-reactive ketones (excluding diaryl/α,β-unsaturated/α-hetero) is 1. The number of cyclic esters (lactones) is 1. The fourth-order valence-electron chi connectivity index (χ4n) is 8.76. The molecule has 5 heterocycles. The summed E-state index contributed by atoms with van der Waals surface area (Å²) in [6.07, 6.45) is -7.09. The van der Waals surface area contributed by atoms with E-state index in [0.29, 0.717) is 6.42 Å². The quantitative estimate of drug-likeness (QED) is 0.231. The van der Waals surface area contributed by atoms with Gasteiger partial charge in [-0.2, -0.15) is 0 Å². The number of oxime groups is 1. The van der Waals surface area contributed by atoms with Crippen LogP contribution in [0.2, 0.25) is 0 Å². The molecule has 3 fully saturated rings. The minimum Gasteiger partial charge on any atom is -0.459 e. The van der Waals surface area contributed by atoms with Crippen molar-refractivity contribution in [3.8, 4) is 0 Å². The van der Waals surface area contributed by atoms with Crippen molar-refractivity contribution in [1.82, 2.24) is 14.9 Å². The molecule has 318 valence electrons. The molecule has 5 rings (SSSR count). The minimum absolute atomic E-state index is 0.0757. The smallest absolute Gasteiger partial charge is 0.325 e. The Labute approximate surface area is 331 Å². The lowest BCUT2D eigenvalue weighted by molar-refractivity contribution is -0.296. The first-order chi connectivity index (χ1) is 26.7. The zero-order valence-electron chi connectivity index (χ0n) is 34.5. The summed E-state index contributed by atoms with van der Waals surface area (Å²) in [6.45, 7) is 12.9. The van der Waals surface area contributed by atoms with Gasteiger partial charge in [-0.25, -0.2) is 9.79 Å². The third kappa shape index (κ3) is 9.64. The number of aliphatic hydroxyl groups is 2. The molecule has 4 bridgehead atoms. The van der Waals surface area contributed by atoms with Crippen molar-refractivity contribution < 1.29 is 53.1 Å². The number of fused-ring (bicyclic) bond motifs is 4. The van der Waals surface area contributed by atoms with Crippen LogP contribution in [0.4, 0.5) is 0 Å². The molecule has 4 aliphatic heterocycles. The number of aliphatic imine (C=N–C) groups is 1. The lowest BCUT2D eigenvalue weighted by Gasteiger charge is -2.47. The number of carbonyl (C=O) groups excluding carboxylic acids is 3. The largest absolute Gasteiger partial charge is 0.459 e. The van der Waals surface area contributed by atoms with E-state index in [0.717, 1.165) is 6.07 Å². The summed E-state index contributed by atoms with van der Waals surface area (Å²) in [6, 6.07) is 0.788. The topological polar surface area (TPSA) is 241 Å². The molecule has 0 saturated carbocycles. The number of aromatic amines is 2. The fraction of sp³-hybridized carbons (Fsp3) is 0.769. The van der Waals surface area contributed by atoms with E-state index >= 15 is 0 Å². The summed E-state index contributed by atoms with van der Waals surface area (Å²) in [4.78, 5) is 83.6. The van der Waals surface area contributed by atoms with Gasteiger partial charge in [0.1, 0.15) is 29.4 Å². The summed E-state index contributed by atoms with van der Waals surface area (Å²) in [5.41, 5.74) is -4.27. The highest BCUT2D eigenvalue weighted by molar-refractivity contribution is 6.01. The molecule has 18 nitrogen and oxygen atoms in total. The molecule has 14 atom stereocenters. The van der Waals surface area contributed by atoms with Crippen molar-refractivity contribution in [2.24, 2.45) is 33.8 Å². The second-order valence-corrected chi connectivity index (χ2v) is 16.8. The molecular weight excluding hydrogens is 746 g/mol. The number of H-pyrrole nitrogens is 2. The number of hydrogen-bond acceptors (Lipinski definition) is 15. The van der Waals surface area contributed by atoms with Crippen molar-refractivity contribution in [2.75, 3.05) is 27.3 Å². The van der Waals surface area contributed by atoms with Gasteiger partial charge >= 0.3 is 11.7 Å². The van der Waals surface area contributed by atoms with Crippen molar-refractivity contribution in [1.29, 1.82) is 0 Å². The standard InChI is InChI=1S/C39H59N5O13/c1-11-27-39(8,51)33-20(4)29-18(2)15-38(7,53-17-24(16-52-33)43-57-26(34(48)42-29)13-23-14-28(45)41-37(50)40-23)32(21(5)30(46)22(6)35(49)55-27)56-36-31(47)25(44(9)10)12-19(3)54-36/h14,18-22,25-27,31-33,36,47,51H,11-13,15-17H2,1-10H3,(H2,40,41,45,50)/b42-29?,43-24+/t18-,19-,20-,21+,22-,25+,26?,27-,31-,32-,33+,36+,38-,39-/m1/s1. The molecule has 0 radical (unpaired) electrons. The van der Waals surface area contributed by atoms with Crippen LogP contribution >= 0.6 is 0 Å². The first-order valence-corrected chi connectivity index (χ1v) is 19.7. The predicted molar refractivity (Wildman–Crippen MR) is 205 cm³/mol. The van der Waals surface area contributed by atoms with E-state index in [1.807, 2.05) is 32.8 Å². The molecule has 4 aliphatic rings. The minimum atomic E-state index is -1.90. The van der Waals surface area contributed by atoms with Gasteiger partial charge in [0.05, 0.1) is 37.1 Å². The van der Waals surface area contributed by atoms with Crippen molar-refractivity contribution in [3.63, 3.8) is 0 Å². The molecule has 3 saturated heterocycles. The van der Waals surface area contributed by atoms with E-state index in [9.17, 15) is 34.2 Å². The second-order valence-electron chi connectivity index (χ2n) is 16.8. The number of hydrogen-bond donors (Lipinski definition) is 4. The highest BCUT2D eigenvalue weighted by atomic mass is 16.7. The zero-order valence-corrected chi connectivity index (χ0v) is 34.5. The summed E-state index contributed by atoms with van der Waals surface area (Å²) in [5.74, 6) is -5.98. The number of esters is 1. The maximum atomic E-state index is 14.4. The monoisotopic (exact) mass is 805 g/mol. The maximum Gasteiger partial charge on any atom is 0.325 e. The summed E-state index contributed by atoms with van der Waals surface area (Å²) in [5, 5.41) is 28.2. The Hall–Kier alpha value is -3.65. The Balaban J connectivity index is 1.71. The molecule has 57 heavy (non-hydrogen) atoms. The Kier molecular flexibility index (Phi) is 13.8. The lowest BCUT2D eigenvalue weighted by Crippen LogP contribution is -2.60. The van der Waals surface area contributed by atoms with Crippen LogP contribution in [0.1, 0.15) is 80.3 Å². The Morgan fingerprint density at radius 3 is 2.37 bits per heavy atom. The number of nitrogens with zero attached hydrogens (tertiary/aromatic N) is 3. The average Bonchev–Trinajstić information content (AvgIpc) is 3.16. The number of ether oxygens (including phenoxy) is 5. The van der Waals surface area contributed by atoms with Gasteiger partial charge in [0.25, 0.3) is 11.5 Å². The Morgan fingerprint density at radius 1 is 1.02 bits per heavy atom. The van der Waals surface area contributed by atoms with Crippen LogP contribution in [0.25, 0.3) is 0 Å². The van der Waals surface area contributed by atoms with E-state index < -0.39 is 101 Å². The number of likely N-dealkylation sites (N-methyl/N-ethyl adjacent to an activating group) is 1. The van der Waals surface area contributed by atoms with E-state index in [4.69, 9.17) is 28.5 Å². The van der Waals surface area contributed by atoms with E-state index in [1.165, 1.54) is 13.8 Å². The van der Waals surface area contributed by atoms with Crippen molar-refractivity contribution in [3.05, 3.63) is 32.6 Å². The van der Waals surface area contributed by atoms with Gasteiger partial charge in [-0.3, -0.25) is 24.2 Å². The molecule has 4 N–H and O–H groups in total. The third-order valence-electron chi connectivity index (χ3n) is 11.9. The van der Waals surface area contributed by atoms with Gasteiger partial charge in [-0.05, 0) is 67.0 Å². The van der Waals surface area contributed by atoms with Gasteiger partial charge in [-0.15, -0.1) is 0 Å². The molecule has 0 aromatic carbocycles. The van der Waals surface area contributed by atoms with Crippen LogP contribution < -0.4 is 11.2 Å². The normalized spacial score (nSPS) is 40.9. The number of aromatic nitrogens is 2. The molecule has 0 spiro atoms. The van der Waals surface area contributed by atoms with Gasteiger partial charge in [0.15, 0.2) is 12.1 Å². The number of ketones is 1. The van der Waals surface area contributed by atoms with Crippen LogP contribution in [0, 0.1) is 23.7 Å². The SMILES string of the molecule is CC[C@H]1OC(=O)[C@H](C)C(=O)[C@H](C)[C@@H](O[C@@H]2O[C@H](C)C[C@H](N(C)C)[C@H]2O)[C@@]2(C)C[C@@H](C)C3=NC(=O)C(Cc4cc(=O)[nH]c(=O)[nH]4)O/N=C(\CO[C@@H]([C@@H]3C)[C@]1(C)O)CO2. The maximum absolute atomic E-state index is 14.4. The number of aliphatic hydroxyl groups excluding tert-OH is 1.